The molecular formula is C23H18ClFN2O3. The third-order valence-electron chi connectivity index (χ3n) is 5.85. The molecule has 1 spiro atoms. The fourth-order valence-corrected chi connectivity index (χ4v) is 4.30. The van der Waals surface area contributed by atoms with Gasteiger partial charge >= 0.3 is 0 Å². The Morgan fingerprint density at radius 1 is 1.20 bits per heavy atom. The van der Waals surface area contributed by atoms with Crippen molar-refractivity contribution in [2.75, 3.05) is 4.90 Å². The van der Waals surface area contributed by atoms with Crippen molar-refractivity contribution >= 4 is 29.1 Å². The summed E-state index contributed by atoms with van der Waals surface area (Å²) in [4.78, 5) is 27.4. The Morgan fingerprint density at radius 2 is 2.03 bits per heavy atom. The van der Waals surface area contributed by atoms with Crippen molar-refractivity contribution in [1.29, 1.82) is 0 Å². The molecule has 0 radical (unpaired) electrons. The SMILES string of the molecule is O=C(NCc1ccco1)c1ccc2c(c1)N(Cc1c(F)cccc1Cl)C(=O)C21CC1. The van der Waals surface area contributed by atoms with Gasteiger partial charge < -0.3 is 14.6 Å². The zero-order valence-electron chi connectivity index (χ0n) is 16.0. The van der Waals surface area contributed by atoms with E-state index in [4.69, 9.17) is 16.0 Å². The Kier molecular flexibility index (Phi) is 4.40. The van der Waals surface area contributed by atoms with E-state index in [0.29, 0.717) is 17.0 Å². The second-order valence-electron chi connectivity index (χ2n) is 7.67. The number of fused-ring (bicyclic) bond motifs is 2. The lowest BCUT2D eigenvalue weighted by Gasteiger charge is -2.20. The van der Waals surface area contributed by atoms with Crippen LogP contribution in [-0.4, -0.2) is 11.8 Å². The molecule has 30 heavy (non-hydrogen) atoms. The molecule has 0 bridgehead atoms. The van der Waals surface area contributed by atoms with Gasteiger partial charge in [0.2, 0.25) is 5.91 Å². The van der Waals surface area contributed by atoms with Gasteiger partial charge in [0.15, 0.2) is 0 Å². The minimum atomic E-state index is -0.545. The van der Waals surface area contributed by atoms with E-state index in [1.165, 1.54) is 12.1 Å². The predicted molar refractivity (Wildman–Crippen MR) is 110 cm³/mol. The lowest BCUT2D eigenvalue weighted by molar-refractivity contribution is -0.120. The summed E-state index contributed by atoms with van der Waals surface area (Å²) >= 11 is 6.19. The number of benzene rings is 2. The van der Waals surface area contributed by atoms with Crippen molar-refractivity contribution in [2.45, 2.75) is 31.3 Å². The first kappa shape index (κ1) is 18.9. The van der Waals surface area contributed by atoms with Crippen molar-refractivity contribution in [3.8, 4) is 0 Å². The number of carbonyl (C=O) groups is 2. The van der Waals surface area contributed by atoms with Gasteiger partial charge in [-0.05, 0) is 54.8 Å². The van der Waals surface area contributed by atoms with E-state index >= 15 is 0 Å². The van der Waals surface area contributed by atoms with E-state index in [0.717, 1.165) is 18.4 Å². The van der Waals surface area contributed by atoms with Gasteiger partial charge in [-0.1, -0.05) is 23.7 Å². The summed E-state index contributed by atoms with van der Waals surface area (Å²) in [6, 6.07) is 13.3. The average Bonchev–Trinajstić information content (AvgIpc) is 3.31. The Labute approximate surface area is 177 Å². The zero-order valence-corrected chi connectivity index (χ0v) is 16.7. The molecule has 0 unspecified atom stereocenters. The fraction of sp³-hybridized carbons (Fsp3) is 0.217. The highest BCUT2D eigenvalue weighted by Crippen LogP contribution is 2.57. The number of hydrogen-bond donors (Lipinski definition) is 1. The molecule has 2 amide bonds. The van der Waals surface area contributed by atoms with Crippen LogP contribution in [0.5, 0.6) is 0 Å². The molecule has 152 valence electrons. The average molecular weight is 425 g/mol. The minimum Gasteiger partial charge on any atom is -0.467 e. The van der Waals surface area contributed by atoms with Crippen molar-refractivity contribution in [3.63, 3.8) is 0 Å². The molecule has 2 aromatic carbocycles. The molecule has 0 atom stereocenters. The number of hydrogen-bond acceptors (Lipinski definition) is 3. The Balaban J connectivity index is 1.46. The summed E-state index contributed by atoms with van der Waals surface area (Å²) in [5.74, 6) is -0.152. The van der Waals surface area contributed by atoms with Gasteiger partial charge in [-0.25, -0.2) is 4.39 Å². The summed E-state index contributed by atoms with van der Waals surface area (Å²) in [6.07, 6.45) is 3.05. The number of anilines is 1. The molecule has 5 nitrogen and oxygen atoms in total. The van der Waals surface area contributed by atoms with Crippen molar-refractivity contribution in [3.05, 3.63) is 88.1 Å². The van der Waals surface area contributed by atoms with Gasteiger partial charge in [-0.15, -0.1) is 0 Å². The van der Waals surface area contributed by atoms with Crippen LogP contribution in [0, 0.1) is 5.82 Å². The van der Waals surface area contributed by atoms with E-state index in [9.17, 15) is 14.0 Å². The van der Waals surface area contributed by atoms with Gasteiger partial charge in [0.05, 0.1) is 24.8 Å². The van der Waals surface area contributed by atoms with Crippen LogP contribution in [0.3, 0.4) is 0 Å². The van der Waals surface area contributed by atoms with E-state index in [-0.39, 0.29) is 35.5 Å². The third-order valence-corrected chi connectivity index (χ3v) is 6.21. The highest BCUT2D eigenvalue weighted by Gasteiger charge is 2.59. The first-order valence-corrected chi connectivity index (χ1v) is 10.1. The van der Waals surface area contributed by atoms with Crippen LogP contribution in [0.4, 0.5) is 10.1 Å². The van der Waals surface area contributed by atoms with E-state index in [2.05, 4.69) is 5.32 Å². The Hall–Kier alpha value is -3.12. The molecule has 1 aliphatic heterocycles. The lowest BCUT2D eigenvalue weighted by atomic mass is 9.96. The molecule has 1 aromatic heterocycles. The quantitative estimate of drug-likeness (QED) is 0.652. The first-order valence-electron chi connectivity index (χ1n) is 9.69. The molecule has 3 aromatic rings. The number of furan rings is 1. The summed E-state index contributed by atoms with van der Waals surface area (Å²) in [7, 11) is 0. The van der Waals surface area contributed by atoms with Crippen LogP contribution in [0.15, 0.2) is 59.2 Å². The predicted octanol–water partition coefficient (Wildman–Crippen LogP) is 4.58. The van der Waals surface area contributed by atoms with Crippen LogP contribution in [0.1, 0.15) is 40.1 Å². The summed E-state index contributed by atoms with van der Waals surface area (Å²) in [5, 5.41) is 3.08. The van der Waals surface area contributed by atoms with Gasteiger partial charge in [0, 0.05) is 21.8 Å². The fourth-order valence-electron chi connectivity index (χ4n) is 4.07. The molecule has 1 saturated carbocycles. The summed E-state index contributed by atoms with van der Waals surface area (Å²) in [5.41, 5.74) is 1.68. The van der Waals surface area contributed by atoms with Crippen LogP contribution < -0.4 is 10.2 Å². The molecule has 1 fully saturated rings. The normalized spacial score (nSPS) is 16.1. The molecular weight excluding hydrogens is 407 g/mol. The van der Waals surface area contributed by atoms with E-state index in [1.54, 1.807) is 41.5 Å². The minimum absolute atomic E-state index is 0.0244. The van der Waals surface area contributed by atoms with Gasteiger partial charge in [-0.2, -0.15) is 0 Å². The highest BCUT2D eigenvalue weighted by molar-refractivity contribution is 6.31. The maximum atomic E-state index is 14.4. The van der Waals surface area contributed by atoms with Gasteiger partial charge in [0.25, 0.3) is 5.91 Å². The smallest absolute Gasteiger partial charge is 0.251 e. The van der Waals surface area contributed by atoms with Crippen molar-refractivity contribution < 1.29 is 18.4 Å². The second-order valence-corrected chi connectivity index (χ2v) is 8.07. The topological polar surface area (TPSA) is 62.6 Å². The zero-order chi connectivity index (χ0) is 20.9. The second kappa shape index (κ2) is 6.99. The van der Waals surface area contributed by atoms with E-state index in [1.807, 2.05) is 6.07 Å². The monoisotopic (exact) mass is 424 g/mol. The van der Waals surface area contributed by atoms with Crippen LogP contribution in [-0.2, 0) is 23.3 Å². The Morgan fingerprint density at radius 3 is 2.73 bits per heavy atom. The number of carbonyl (C=O) groups excluding carboxylic acids is 2. The number of nitrogens with zero attached hydrogens (tertiary/aromatic N) is 1. The number of nitrogens with one attached hydrogen (secondary N) is 1. The number of amides is 2. The molecule has 0 saturated heterocycles. The van der Waals surface area contributed by atoms with E-state index < -0.39 is 11.2 Å². The standard InChI is InChI=1S/C23H18ClFN2O3/c24-18-4-1-5-19(25)16(18)13-27-20-11-14(21(28)26-12-15-3-2-10-30-15)6-7-17(20)23(8-9-23)22(27)29/h1-7,10-11H,8-9,12-13H2,(H,26,28). The molecule has 1 N–H and O–H groups in total. The lowest BCUT2D eigenvalue weighted by Crippen LogP contribution is -2.32. The molecule has 7 heteroatoms. The summed E-state index contributed by atoms with van der Waals surface area (Å²) < 4.78 is 19.6. The van der Waals surface area contributed by atoms with Crippen LogP contribution >= 0.6 is 11.6 Å². The van der Waals surface area contributed by atoms with Crippen LogP contribution in [0.25, 0.3) is 0 Å². The number of halogens is 2. The maximum absolute atomic E-state index is 14.4. The molecule has 5 rings (SSSR count). The Bertz CT molecular complexity index is 1140. The summed E-state index contributed by atoms with van der Waals surface area (Å²) in [6.45, 7) is 0.289. The van der Waals surface area contributed by atoms with Crippen molar-refractivity contribution in [2.24, 2.45) is 0 Å². The van der Waals surface area contributed by atoms with Gasteiger partial charge in [0.1, 0.15) is 11.6 Å². The molecule has 1 aliphatic carbocycles. The molecule has 2 heterocycles. The van der Waals surface area contributed by atoms with Crippen LogP contribution in [0.2, 0.25) is 5.02 Å². The third kappa shape index (κ3) is 2.99. The largest absolute Gasteiger partial charge is 0.467 e. The first-order chi connectivity index (χ1) is 14.5. The molecule has 2 aliphatic rings. The maximum Gasteiger partial charge on any atom is 0.251 e. The van der Waals surface area contributed by atoms with Gasteiger partial charge in [-0.3, -0.25) is 9.59 Å². The number of rotatable bonds is 5. The van der Waals surface area contributed by atoms with Crippen molar-refractivity contribution in [1.82, 2.24) is 5.32 Å². The highest BCUT2D eigenvalue weighted by atomic mass is 35.5.